The highest BCUT2D eigenvalue weighted by Gasteiger charge is 2.13. The van der Waals surface area contributed by atoms with Crippen LogP contribution in [0.4, 0.5) is 0 Å². The van der Waals surface area contributed by atoms with Gasteiger partial charge >= 0.3 is 0 Å². The molecule has 6 heteroatoms. The largest absolute Gasteiger partial charge is 0.454 e. The smallest absolute Gasteiger partial charge is 0.240 e. The number of ether oxygens (including phenoxy) is 2. The standard InChI is InChI=1S/C18H15BrN2O3/c19-14-2-1-3-15-13(14)6-7-21(15)10-18(22)20-9-12-4-5-16-17(8-12)24-11-23-16/h1-8H,9-11H2,(H,20,22). The van der Waals surface area contributed by atoms with Gasteiger partial charge in [0.1, 0.15) is 6.54 Å². The Balaban J connectivity index is 1.42. The number of rotatable bonds is 4. The monoisotopic (exact) mass is 386 g/mol. The lowest BCUT2D eigenvalue weighted by Gasteiger charge is -2.08. The fraction of sp³-hybridized carbons (Fsp3) is 0.167. The summed E-state index contributed by atoms with van der Waals surface area (Å²) >= 11 is 3.53. The zero-order valence-electron chi connectivity index (χ0n) is 12.8. The van der Waals surface area contributed by atoms with Gasteiger partial charge in [-0.1, -0.05) is 28.1 Å². The molecule has 1 aliphatic rings. The number of fused-ring (bicyclic) bond motifs is 2. The highest BCUT2D eigenvalue weighted by Crippen LogP contribution is 2.32. The summed E-state index contributed by atoms with van der Waals surface area (Å²) in [5.74, 6) is 1.43. The Kier molecular flexibility index (Phi) is 3.90. The molecule has 0 fully saturated rings. The van der Waals surface area contributed by atoms with Gasteiger partial charge in [-0.15, -0.1) is 0 Å². The molecule has 1 aromatic heterocycles. The lowest BCUT2D eigenvalue weighted by atomic mass is 10.2. The molecule has 5 nitrogen and oxygen atoms in total. The Labute approximate surface area is 147 Å². The van der Waals surface area contributed by atoms with Gasteiger partial charge < -0.3 is 19.4 Å². The van der Waals surface area contributed by atoms with Crippen LogP contribution < -0.4 is 14.8 Å². The third-order valence-corrected chi connectivity index (χ3v) is 4.69. The van der Waals surface area contributed by atoms with Gasteiger partial charge in [0.25, 0.3) is 0 Å². The van der Waals surface area contributed by atoms with Crippen LogP contribution in [0.25, 0.3) is 10.9 Å². The van der Waals surface area contributed by atoms with E-state index in [2.05, 4.69) is 21.2 Å². The number of carbonyl (C=O) groups excluding carboxylic acids is 1. The van der Waals surface area contributed by atoms with E-state index < -0.39 is 0 Å². The van der Waals surface area contributed by atoms with Crippen molar-refractivity contribution in [1.29, 1.82) is 0 Å². The molecule has 2 aromatic carbocycles. The van der Waals surface area contributed by atoms with Crippen LogP contribution in [0.5, 0.6) is 11.5 Å². The average molecular weight is 387 g/mol. The summed E-state index contributed by atoms with van der Waals surface area (Å²) in [4.78, 5) is 12.2. The van der Waals surface area contributed by atoms with Gasteiger partial charge in [0.2, 0.25) is 12.7 Å². The van der Waals surface area contributed by atoms with Crippen molar-refractivity contribution in [2.45, 2.75) is 13.1 Å². The molecule has 3 aromatic rings. The fourth-order valence-corrected chi connectivity index (χ4v) is 3.27. The lowest BCUT2D eigenvalue weighted by Crippen LogP contribution is -2.26. The maximum Gasteiger partial charge on any atom is 0.240 e. The molecule has 0 saturated heterocycles. The van der Waals surface area contributed by atoms with E-state index in [9.17, 15) is 4.79 Å². The Morgan fingerprint density at radius 3 is 2.96 bits per heavy atom. The minimum atomic E-state index is -0.0369. The molecule has 122 valence electrons. The first-order chi connectivity index (χ1) is 11.7. The number of halogens is 1. The molecule has 0 bridgehead atoms. The van der Waals surface area contributed by atoms with Crippen molar-refractivity contribution in [3.8, 4) is 11.5 Å². The van der Waals surface area contributed by atoms with Crippen molar-refractivity contribution >= 4 is 32.7 Å². The number of aromatic nitrogens is 1. The predicted molar refractivity (Wildman–Crippen MR) is 94.0 cm³/mol. The molecule has 1 aliphatic heterocycles. The molecular weight excluding hydrogens is 372 g/mol. The van der Waals surface area contributed by atoms with Gasteiger partial charge in [0, 0.05) is 28.1 Å². The average Bonchev–Trinajstić information content (AvgIpc) is 3.20. The molecule has 1 amide bonds. The minimum Gasteiger partial charge on any atom is -0.454 e. The highest BCUT2D eigenvalue weighted by molar-refractivity contribution is 9.10. The second-order valence-electron chi connectivity index (χ2n) is 5.58. The number of hydrogen-bond donors (Lipinski definition) is 1. The van der Waals surface area contributed by atoms with Gasteiger partial charge in [-0.3, -0.25) is 4.79 Å². The zero-order valence-corrected chi connectivity index (χ0v) is 14.4. The summed E-state index contributed by atoms with van der Waals surface area (Å²) in [5.41, 5.74) is 2.01. The van der Waals surface area contributed by atoms with Crippen molar-refractivity contribution in [3.05, 3.63) is 58.7 Å². The van der Waals surface area contributed by atoms with Crippen LogP contribution in [0, 0.1) is 0 Å². The van der Waals surface area contributed by atoms with Crippen LogP contribution >= 0.6 is 15.9 Å². The van der Waals surface area contributed by atoms with E-state index in [1.54, 1.807) is 0 Å². The van der Waals surface area contributed by atoms with Crippen molar-refractivity contribution in [2.75, 3.05) is 6.79 Å². The van der Waals surface area contributed by atoms with E-state index in [0.717, 1.165) is 32.4 Å². The fourth-order valence-electron chi connectivity index (χ4n) is 2.79. The maximum atomic E-state index is 12.2. The quantitative estimate of drug-likeness (QED) is 0.746. The van der Waals surface area contributed by atoms with Crippen molar-refractivity contribution in [2.24, 2.45) is 0 Å². The van der Waals surface area contributed by atoms with Gasteiger partial charge in [0.15, 0.2) is 11.5 Å². The van der Waals surface area contributed by atoms with Crippen molar-refractivity contribution in [1.82, 2.24) is 9.88 Å². The van der Waals surface area contributed by atoms with E-state index >= 15 is 0 Å². The first kappa shape index (κ1) is 15.1. The van der Waals surface area contributed by atoms with E-state index in [-0.39, 0.29) is 19.2 Å². The molecule has 24 heavy (non-hydrogen) atoms. The molecule has 0 unspecified atom stereocenters. The third-order valence-electron chi connectivity index (χ3n) is 4.00. The number of amides is 1. The molecule has 0 spiro atoms. The number of nitrogens with zero attached hydrogens (tertiary/aromatic N) is 1. The van der Waals surface area contributed by atoms with E-state index in [1.165, 1.54) is 0 Å². The number of carbonyl (C=O) groups is 1. The molecule has 0 saturated carbocycles. The van der Waals surface area contributed by atoms with Crippen LogP contribution in [0.3, 0.4) is 0 Å². The van der Waals surface area contributed by atoms with Gasteiger partial charge in [-0.2, -0.15) is 0 Å². The van der Waals surface area contributed by atoms with Crippen LogP contribution in [0.15, 0.2) is 53.1 Å². The summed E-state index contributed by atoms with van der Waals surface area (Å²) < 4.78 is 13.6. The topological polar surface area (TPSA) is 52.5 Å². The maximum absolute atomic E-state index is 12.2. The first-order valence-electron chi connectivity index (χ1n) is 7.59. The highest BCUT2D eigenvalue weighted by atomic mass is 79.9. The van der Waals surface area contributed by atoms with E-state index in [4.69, 9.17) is 9.47 Å². The Bertz CT molecular complexity index is 920. The van der Waals surface area contributed by atoms with Crippen LogP contribution in [-0.2, 0) is 17.9 Å². The van der Waals surface area contributed by atoms with Crippen LogP contribution in [0.1, 0.15) is 5.56 Å². The summed E-state index contributed by atoms with van der Waals surface area (Å²) in [6.45, 7) is 0.990. The number of hydrogen-bond acceptors (Lipinski definition) is 3. The summed E-state index contributed by atoms with van der Waals surface area (Å²) in [6, 6.07) is 13.6. The summed E-state index contributed by atoms with van der Waals surface area (Å²) in [7, 11) is 0. The Morgan fingerprint density at radius 1 is 1.17 bits per heavy atom. The molecule has 1 N–H and O–H groups in total. The van der Waals surface area contributed by atoms with Gasteiger partial charge in [-0.25, -0.2) is 0 Å². The first-order valence-corrected chi connectivity index (χ1v) is 8.38. The van der Waals surface area contributed by atoms with E-state index in [0.29, 0.717) is 6.54 Å². The van der Waals surface area contributed by atoms with Crippen LogP contribution in [0.2, 0.25) is 0 Å². The summed E-state index contributed by atoms with van der Waals surface area (Å²) in [6.07, 6.45) is 1.93. The minimum absolute atomic E-state index is 0.0369. The van der Waals surface area contributed by atoms with Crippen molar-refractivity contribution in [3.63, 3.8) is 0 Å². The van der Waals surface area contributed by atoms with E-state index in [1.807, 2.05) is 53.2 Å². The Hall–Kier alpha value is -2.47. The lowest BCUT2D eigenvalue weighted by molar-refractivity contribution is -0.121. The number of nitrogens with one attached hydrogen (secondary N) is 1. The van der Waals surface area contributed by atoms with Crippen LogP contribution in [-0.4, -0.2) is 17.3 Å². The molecule has 4 rings (SSSR count). The third kappa shape index (κ3) is 2.85. The SMILES string of the molecule is O=C(Cn1ccc2c(Br)cccc21)NCc1ccc2c(c1)OCO2. The normalized spacial score (nSPS) is 12.5. The molecule has 2 heterocycles. The second-order valence-corrected chi connectivity index (χ2v) is 6.43. The number of benzene rings is 2. The predicted octanol–water partition coefficient (Wildman–Crippen LogP) is 3.45. The van der Waals surface area contributed by atoms with Gasteiger partial charge in [-0.05, 0) is 35.9 Å². The van der Waals surface area contributed by atoms with Crippen molar-refractivity contribution < 1.29 is 14.3 Å². The molecule has 0 radical (unpaired) electrons. The molecule has 0 atom stereocenters. The Morgan fingerprint density at radius 2 is 2.04 bits per heavy atom. The summed E-state index contributed by atoms with van der Waals surface area (Å²) in [5, 5.41) is 4.04. The van der Waals surface area contributed by atoms with Gasteiger partial charge in [0.05, 0.1) is 0 Å². The molecular formula is C18H15BrN2O3. The second kappa shape index (κ2) is 6.20. The molecule has 0 aliphatic carbocycles. The zero-order chi connectivity index (χ0) is 16.5.